The molecule has 0 saturated heterocycles. The van der Waals surface area contributed by atoms with Gasteiger partial charge in [-0.05, 0) is 48.4 Å². The lowest BCUT2D eigenvalue weighted by molar-refractivity contribution is 0.740. The molecule has 2 aromatic heterocycles. The summed E-state index contributed by atoms with van der Waals surface area (Å²) < 4.78 is 1.97. The number of hydrogen-bond acceptors (Lipinski definition) is 3. The molecule has 0 saturated carbocycles. The fourth-order valence-corrected chi connectivity index (χ4v) is 3.26. The number of nitrogens with one attached hydrogen (secondary N) is 2. The number of imidazole rings is 1. The van der Waals surface area contributed by atoms with E-state index in [1.807, 2.05) is 30.0 Å². The monoisotopic (exact) mass is 532 g/mol. The van der Waals surface area contributed by atoms with Gasteiger partial charge in [0.25, 0.3) is 0 Å². The minimum Gasteiger partial charge on any atom is -0.356 e. The molecular weight excluding hydrogens is 499 g/mol. The molecule has 0 fully saturated rings. The first-order valence-corrected chi connectivity index (χ1v) is 10.6. The molecule has 7 heteroatoms. The number of benzene rings is 1. The van der Waals surface area contributed by atoms with Gasteiger partial charge in [0.15, 0.2) is 5.96 Å². The number of rotatable bonds is 8. The lowest BCUT2D eigenvalue weighted by atomic mass is 10.0. The standard InChI is InChI=1S/C24H32N6.HI/c1-18(2)22-10-7-20(8-11-22)6-5-13-27-24(25-4)29-17-21-9-12-23(28-16-21)30-15-14-26-19(30)3;/h7-12,14-16,18H,5-6,13,17H2,1-4H3,(H2,25,27,29);1H. The van der Waals surface area contributed by atoms with Crippen LogP contribution in [0.1, 0.15) is 48.7 Å². The summed E-state index contributed by atoms with van der Waals surface area (Å²) in [5, 5.41) is 6.74. The number of nitrogens with zero attached hydrogens (tertiary/aromatic N) is 4. The maximum Gasteiger partial charge on any atom is 0.191 e. The molecule has 0 atom stereocenters. The van der Waals surface area contributed by atoms with Gasteiger partial charge in [-0.1, -0.05) is 44.2 Å². The van der Waals surface area contributed by atoms with Crippen molar-refractivity contribution in [3.8, 4) is 5.82 Å². The van der Waals surface area contributed by atoms with Crippen molar-refractivity contribution >= 4 is 29.9 Å². The quantitative estimate of drug-likeness (QED) is 0.193. The molecule has 3 rings (SSSR count). The zero-order chi connectivity index (χ0) is 21.3. The molecule has 0 radical (unpaired) electrons. The highest BCUT2D eigenvalue weighted by Gasteiger charge is 2.03. The number of halogens is 1. The highest BCUT2D eigenvalue weighted by Crippen LogP contribution is 2.15. The molecule has 3 aromatic rings. The zero-order valence-electron chi connectivity index (χ0n) is 18.8. The Morgan fingerprint density at radius 2 is 1.77 bits per heavy atom. The molecule has 0 aliphatic heterocycles. The average Bonchev–Trinajstić information content (AvgIpc) is 3.20. The molecule has 2 N–H and O–H groups in total. The summed E-state index contributed by atoms with van der Waals surface area (Å²) in [5.74, 6) is 3.18. The Bertz CT molecular complexity index is 945. The van der Waals surface area contributed by atoms with E-state index >= 15 is 0 Å². The van der Waals surface area contributed by atoms with Crippen LogP contribution in [0, 0.1) is 6.92 Å². The van der Waals surface area contributed by atoms with Crippen molar-refractivity contribution in [1.29, 1.82) is 0 Å². The fourth-order valence-electron chi connectivity index (χ4n) is 3.26. The van der Waals surface area contributed by atoms with Crippen LogP contribution in [-0.2, 0) is 13.0 Å². The van der Waals surface area contributed by atoms with Crippen molar-refractivity contribution in [2.45, 2.75) is 46.1 Å². The molecule has 0 aliphatic carbocycles. The number of aromatic nitrogens is 3. The maximum atomic E-state index is 4.53. The van der Waals surface area contributed by atoms with Gasteiger partial charge in [0.2, 0.25) is 0 Å². The van der Waals surface area contributed by atoms with Crippen molar-refractivity contribution < 1.29 is 0 Å². The van der Waals surface area contributed by atoms with Gasteiger partial charge in [-0.3, -0.25) is 9.56 Å². The Morgan fingerprint density at radius 3 is 2.35 bits per heavy atom. The second kappa shape index (κ2) is 12.4. The Morgan fingerprint density at radius 1 is 1.03 bits per heavy atom. The van der Waals surface area contributed by atoms with Crippen LogP contribution in [0.25, 0.3) is 5.82 Å². The van der Waals surface area contributed by atoms with Crippen LogP contribution in [0.4, 0.5) is 0 Å². The van der Waals surface area contributed by atoms with E-state index in [1.165, 1.54) is 11.1 Å². The van der Waals surface area contributed by atoms with Gasteiger partial charge in [-0.25, -0.2) is 9.97 Å². The van der Waals surface area contributed by atoms with E-state index in [2.05, 4.69) is 69.8 Å². The number of hydrogen-bond donors (Lipinski definition) is 2. The summed E-state index contributed by atoms with van der Waals surface area (Å²) in [6.45, 7) is 7.97. The van der Waals surface area contributed by atoms with Crippen LogP contribution in [0.3, 0.4) is 0 Å². The largest absolute Gasteiger partial charge is 0.356 e. The SMILES string of the molecule is CN=C(NCCCc1ccc(C(C)C)cc1)NCc1ccc(-n2ccnc2C)nc1.I. The third kappa shape index (κ3) is 7.34. The average molecular weight is 532 g/mol. The Balaban J connectivity index is 0.00000341. The Kier molecular flexibility index (Phi) is 9.97. The number of aryl methyl sites for hydroxylation is 2. The lowest BCUT2D eigenvalue weighted by Crippen LogP contribution is -2.37. The first-order valence-electron chi connectivity index (χ1n) is 10.6. The van der Waals surface area contributed by atoms with E-state index in [1.54, 1.807) is 13.2 Å². The summed E-state index contributed by atoms with van der Waals surface area (Å²) in [7, 11) is 1.79. The molecule has 166 valence electrons. The van der Waals surface area contributed by atoms with Gasteiger partial charge in [-0.2, -0.15) is 0 Å². The predicted molar refractivity (Wildman–Crippen MR) is 139 cm³/mol. The molecule has 0 bridgehead atoms. The van der Waals surface area contributed by atoms with E-state index in [4.69, 9.17) is 0 Å². The van der Waals surface area contributed by atoms with Crippen LogP contribution in [0.5, 0.6) is 0 Å². The number of pyridine rings is 1. The van der Waals surface area contributed by atoms with Crippen molar-refractivity contribution in [2.24, 2.45) is 4.99 Å². The molecule has 0 aliphatic rings. The maximum absolute atomic E-state index is 4.53. The molecule has 2 heterocycles. The highest BCUT2D eigenvalue weighted by molar-refractivity contribution is 14.0. The van der Waals surface area contributed by atoms with Gasteiger partial charge in [0.05, 0.1) is 0 Å². The van der Waals surface area contributed by atoms with Gasteiger partial charge < -0.3 is 10.6 Å². The molecule has 0 unspecified atom stereocenters. The number of guanidine groups is 1. The fraction of sp³-hybridized carbons (Fsp3) is 0.375. The van der Waals surface area contributed by atoms with Gasteiger partial charge in [-0.15, -0.1) is 24.0 Å². The van der Waals surface area contributed by atoms with Crippen LogP contribution < -0.4 is 10.6 Å². The lowest BCUT2D eigenvalue weighted by Gasteiger charge is -2.12. The predicted octanol–water partition coefficient (Wildman–Crippen LogP) is 4.61. The first-order chi connectivity index (χ1) is 14.6. The topological polar surface area (TPSA) is 67.1 Å². The van der Waals surface area contributed by atoms with Crippen molar-refractivity contribution in [1.82, 2.24) is 25.2 Å². The molecule has 1 aromatic carbocycles. The second-order valence-corrected chi connectivity index (χ2v) is 7.72. The third-order valence-corrected chi connectivity index (χ3v) is 5.15. The van der Waals surface area contributed by atoms with Gasteiger partial charge >= 0.3 is 0 Å². The van der Waals surface area contributed by atoms with Crippen molar-refractivity contribution in [3.05, 3.63) is 77.5 Å². The summed E-state index contributed by atoms with van der Waals surface area (Å²) in [4.78, 5) is 13.1. The number of aliphatic imine (C=N–C) groups is 1. The minimum atomic E-state index is 0. The van der Waals surface area contributed by atoms with Gasteiger partial charge in [0.1, 0.15) is 11.6 Å². The highest BCUT2D eigenvalue weighted by atomic mass is 127. The van der Waals surface area contributed by atoms with Crippen molar-refractivity contribution in [2.75, 3.05) is 13.6 Å². The minimum absolute atomic E-state index is 0. The summed E-state index contributed by atoms with van der Waals surface area (Å²) in [6, 6.07) is 13.0. The van der Waals surface area contributed by atoms with E-state index in [0.717, 1.165) is 42.6 Å². The van der Waals surface area contributed by atoms with E-state index in [-0.39, 0.29) is 24.0 Å². The molecule has 0 spiro atoms. The van der Waals surface area contributed by atoms with E-state index in [0.29, 0.717) is 12.5 Å². The van der Waals surface area contributed by atoms with Crippen LogP contribution >= 0.6 is 24.0 Å². The second-order valence-electron chi connectivity index (χ2n) is 7.72. The first kappa shape index (κ1) is 24.8. The Labute approximate surface area is 202 Å². The van der Waals surface area contributed by atoms with E-state index in [9.17, 15) is 0 Å². The van der Waals surface area contributed by atoms with Crippen LogP contribution in [-0.4, -0.2) is 34.1 Å². The van der Waals surface area contributed by atoms with E-state index < -0.39 is 0 Å². The Hall–Kier alpha value is -2.42. The third-order valence-electron chi connectivity index (χ3n) is 5.15. The van der Waals surface area contributed by atoms with Crippen LogP contribution in [0.2, 0.25) is 0 Å². The molecular formula is C24H33IN6. The zero-order valence-corrected chi connectivity index (χ0v) is 21.1. The van der Waals surface area contributed by atoms with Gasteiger partial charge in [0, 0.05) is 38.7 Å². The smallest absolute Gasteiger partial charge is 0.191 e. The summed E-state index contributed by atoms with van der Waals surface area (Å²) in [6.07, 6.45) is 7.70. The normalized spacial score (nSPS) is 11.3. The molecule has 0 amide bonds. The summed E-state index contributed by atoms with van der Waals surface area (Å²) in [5.41, 5.74) is 3.87. The molecule has 6 nitrogen and oxygen atoms in total. The van der Waals surface area contributed by atoms with Crippen LogP contribution in [0.15, 0.2) is 60.0 Å². The summed E-state index contributed by atoms with van der Waals surface area (Å²) >= 11 is 0. The molecule has 31 heavy (non-hydrogen) atoms. The van der Waals surface area contributed by atoms with Crippen molar-refractivity contribution in [3.63, 3.8) is 0 Å².